The zero-order valence-electron chi connectivity index (χ0n) is 11.4. The molecule has 1 aromatic heterocycles. The minimum absolute atomic E-state index is 0.0151. The summed E-state index contributed by atoms with van der Waals surface area (Å²) in [5.74, 6) is 0.740. The molecule has 20 heavy (non-hydrogen) atoms. The molecule has 1 aromatic carbocycles. The maximum Gasteiger partial charge on any atom is 0.126 e. The van der Waals surface area contributed by atoms with Gasteiger partial charge in [-0.25, -0.2) is 4.98 Å². The zero-order chi connectivity index (χ0) is 14.2. The summed E-state index contributed by atoms with van der Waals surface area (Å²) in [6.07, 6.45) is 1.54. The van der Waals surface area contributed by atoms with E-state index in [9.17, 15) is 0 Å². The number of nitriles is 1. The number of aromatic nitrogens is 1. The molecule has 102 valence electrons. The van der Waals surface area contributed by atoms with Gasteiger partial charge in [0.1, 0.15) is 11.9 Å². The fraction of sp³-hybridized carbons (Fsp3) is 0.250. The van der Waals surface area contributed by atoms with E-state index in [-0.39, 0.29) is 6.10 Å². The molecule has 0 aliphatic carbocycles. The normalized spacial score (nSPS) is 11.6. The number of anilines is 1. The van der Waals surface area contributed by atoms with E-state index in [0.29, 0.717) is 18.7 Å². The van der Waals surface area contributed by atoms with Crippen molar-refractivity contribution < 1.29 is 4.74 Å². The van der Waals surface area contributed by atoms with Crippen molar-refractivity contribution in [2.45, 2.75) is 13.0 Å². The summed E-state index contributed by atoms with van der Waals surface area (Å²) in [5, 5.41) is 12.0. The maximum absolute atomic E-state index is 8.73. The highest BCUT2D eigenvalue weighted by Crippen LogP contribution is 2.17. The lowest BCUT2D eigenvalue weighted by Crippen LogP contribution is -2.16. The van der Waals surface area contributed by atoms with Crippen molar-refractivity contribution in [2.75, 3.05) is 18.5 Å². The van der Waals surface area contributed by atoms with Crippen LogP contribution in [0, 0.1) is 11.3 Å². The SMILES string of the molecule is CCOC(CNc1ccc(C#N)cn1)c1ccccc1. The molecule has 0 saturated carbocycles. The highest BCUT2D eigenvalue weighted by atomic mass is 16.5. The summed E-state index contributed by atoms with van der Waals surface area (Å²) in [7, 11) is 0. The first kappa shape index (κ1) is 14.0. The second kappa shape index (κ2) is 7.27. The van der Waals surface area contributed by atoms with E-state index in [0.717, 1.165) is 11.4 Å². The average Bonchev–Trinajstić information content (AvgIpc) is 2.53. The molecule has 0 radical (unpaired) electrons. The van der Waals surface area contributed by atoms with Crippen LogP contribution >= 0.6 is 0 Å². The Bertz CT molecular complexity index is 561. The van der Waals surface area contributed by atoms with Gasteiger partial charge >= 0.3 is 0 Å². The fourth-order valence-corrected chi connectivity index (χ4v) is 1.90. The minimum atomic E-state index is -0.0151. The van der Waals surface area contributed by atoms with Gasteiger partial charge in [-0.15, -0.1) is 0 Å². The third-order valence-corrected chi connectivity index (χ3v) is 2.90. The molecule has 1 heterocycles. The van der Waals surface area contributed by atoms with Crippen LogP contribution in [-0.2, 0) is 4.74 Å². The number of nitrogens with one attached hydrogen (secondary N) is 1. The van der Waals surface area contributed by atoms with Gasteiger partial charge < -0.3 is 10.1 Å². The van der Waals surface area contributed by atoms with Crippen LogP contribution in [0.2, 0.25) is 0 Å². The Balaban J connectivity index is 2.00. The van der Waals surface area contributed by atoms with Crippen molar-refractivity contribution in [1.82, 2.24) is 4.98 Å². The summed E-state index contributed by atoms with van der Waals surface area (Å²) in [5.41, 5.74) is 1.69. The van der Waals surface area contributed by atoms with Gasteiger partial charge in [-0.2, -0.15) is 5.26 Å². The van der Waals surface area contributed by atoms with E-state index in [1.807, 2.05) is 37.3 Å². The summed E-state index contributed by atoms with van der Waals surface area (Å²) in [4.78, 5) is 4.19. The van der Waals surface area contributed by atoms with Gasteiger partial charge in [-0.05, 0) is 24.6 Å². The first-order valence-corrected chi connectivity index (χ1v) is 6.60. The number of benzene rings is 1. The average molecular weight is 267 g/mol. The Hall–Kier alpha value is -2.38. The first-order chi connectivity index (χ1) is 9.83. The predicted molar refractivity (Wildman–Crippen MR) is 78.3 cm³/mol. The first-order valence-electron chi connectivity index (χ1n) is 6.60. The molecule has 0 bridgehead atoms. The number of hydrogen-bond acceptors (Lipinski definition) is 4. The predicted octanol–water partition coefficient (Wildman–Crippen LogP) is 3.14. The van der Waals surface area contributed by atoms with E-state index in [2.05, 4.69) is 16.4 Å². The highest BCUT2D eigenvalue weighted by Gasteiger charge is 2.10. The van der Waals surface area contributed by atoms with Crippen LogP contribution in [0.5, 0.6) is 0 Å². The zero-order valence-corrected chi connectivity index (χ0v) is 11.4. The van der Waals surface area contributed by atoms with E-state index in [4.69, 9.17) is 10.00 Å². The highest BCUT2D eigenvalue weighted by molar-refractivity contribution is 5.39. The van der Waals surface area contributed by atoms with Gasteiger partial charge in [0.25, 0.3) is 0 Å². The molecule has 2 aromatic rings. The molecule has 2 rings (SSSR count). The molecule has 1 atom stereocenters. The molecule has 1 N–H and O–H groups in total. The third kappa shape index (κ3) is 3.81. The Morgan fingerprint density at radius 1 is 1.25 bits per heavy atom. The molecule has 0 fully saturated rings. The van der Waals surface area contributed by atoms with Gasteiger partial charge in [0, 0.05) is 19.3 Å². The second-order valence-electron chi connectivity index (χ2n) is 4.28. The van der Waals surface area contributed by atoms with Crippen LogP contribution in [0.15, 0.2) is 48.7 Å². The van der Waals surface area contributed by atoms with Crippen molar-refractivity contribution in [2.24, 2.45) is 0 Å². The molecule has 4 heteroatoms. The second-order valence-corrected chi connectivity index (χ2v) is 4.28. The Kier molecular flexibility index (Phi) is 5.10. The standard InChI is InChI=1S/C16H17N3O/c1-2-20-15(14-6-4-3-5-7-14)12-19-16-9-8-13(10-17)11-18-16/h3-9,11,15H,2,12H2,1H3,(H,18,19). The molecule has 1 unspecified atom stereocenters. The number of rotatable bonds is 6. The molecule has 0 aliphatic rings. The van der Waals surface area contributed by atoms with Gasteiger partial charge in [-0.3, -0.25) is 0 Å². The van der Waals surface area contributed by atoms with Crippen LogP contribution in [0.3, 0.4) is 0 Å². The fourth-order valence-electron chi connectivity index (χ4n) is 1.90. The van der Waals surface area contributed by atoms with Crippen molar-refractivity contribution >= 4 is 5.82 Å². The number of ether oxygens (including phenoxy) is 1. The van der Waals surface area contributed by atoms with Gasteiger partial charge in [0.2, 0.25) is 0 Å². The number of hydrogen-bond donors (Lipinski definition) is 1. The Morgan fingerprint density at radius 2 is 2.05 bits per heavy atom. The van der Waals surface area contributed by atoms with Gasteiger partial charge in [0.05, 0.1) is 11.7 Å². The minimum Gasteiger partial charge on any atom is -0.372 e. The van der Waals surface area contributed by atoms with Crippen LogP contribution in [0.1, 0.15) is 24.2 Å². The summed E-state index contributed by atoms with van der Waals surface area (Å²) >= 11 is 0. The molecule has 0 spiro atoms. The largest absolute Gasteiger partial charge is 0.372 e. The lowest BCUT2D eigenvalue weighted by Gasteiger charge is -2.18. The Labute approximate surface area is 119 Å². The monoisotopic (exact) mass is 267 g/mol. The Morgan fingerprint density at radius 3 is 2.65 bits per heavy atom. The van der Waals surface area contributed by atoms with Crippen molar-refractivity contribution in [3.05, 3.63) is 59.8 Å². The van der Waals surface area contributed by atoms with Crippen LogP contribution < -0.4 is 5.32 Å². The lowest BCUT2D eigenvalue weighted by molar-refractivity contribution is 0.0718. The van der Waals surface area contributed by atoms with Crippen LogP contribution in [0.4, 0.5) is 5.82 Å². The van der Waals surface area contributed by atoms with E-state index >= 15 is 0 Å². The summed E-state index contributed by atoms with van der Waals surface area (Å²) in [6, 6.07) is 15.7. The molecular formula is C16H17N3O. The third-order valence-electron chi connectivity index (χ3n) is 2.90. The summed E-state index contributed by atoms with van der Waals surface area (Å²) < 4.78 is 5.75. The lowest BCUT2D eigenvalue weighted by atomic mass is 10.1. The smallest absolute Gasteiger partial charge is 0.126 e. The van der Waals surface area contributed by atoms with Gasteiger partial charge in [0.15, 0.2) is 0 Å². The molecular weight excluding hydrogens is 250 g/mol. The summed E-state index contributed by atoms with van der Waals surface area (Å²) in [6.45, 7) is 3.27. The van der Waals surface area contributed by atoms with E-state index < -0.39 is 0 Å². The number of nitrogens with zero attached hydrogens (tertiary/aromatic N) is 2. The molecule has 4 nitrogen and oxygen atoms in total. The molecule has 0 saturated heterocycles. The van der Waals surface area contributed by atoms with Crippen LogP contribution in [-0.4, -0.2) is 18.1 Å². The van der Waals surface area contributed by atoms with Crippen molar-refractivity contribution in [3.8, 4) is 6.07 Å². The van der Waals surface area contributed by atoms with Gasteiger partial charge in [-0.1, -0.05) is 30.3 Å². The van der Waals surface area contributed by atoms with Crippen molar-refractivity contribution in [1.29, 1.82) is 5.26 Å². The van der Waals surface area contributed by atoms with E-state index in [1.165, 1.54) is 0 Å². The molecule has 0 amide bonds. The quantitative estimate of drug-likeness (QED) is 0.873. The number of pyridine rings is 1. The van der Waals surface area contributed by atoms with E-state index in [1.54, 1.807) is 18.3 Å². The van der Waals surface area contributed by atoms with Crippen molar-refractivity contribution in [3.63, 3.8) is 0 Å². The van der Waals surface area contributed by atoms with Crippen LogP contribution in [0.25, 0.3) is 0 Å². The molecule has 0 aliphatic heterocycles. The maximum atomic E-state index is 8.73. The topological polar surface area (TPSA) is 57.9 Å².